The quantitative estimate of drug-likeness (QED) is 0.775. The van der Waals surface area contributed by atoms with E-state index in [4.69, 9.17) is 0 Å². The Balaban J connectivity index is 1.79. The lowest BCUT2D eigenvalue weighted by molar-refractivity contribution is 0.169. The predicted octanol–water partition coefficient (Wildman–Crippen LogP) is 4.21. The van der Waals surface area contributed by atoms with Gasteiger partial charge in [-0.2, -0.15) is 0 Å². The highest BCUT2D eigenvalue weighted by atomic mass is 16.3. The fourth-order valence-electron chi connectivity index (χ4n) is 2.73. The molecule has 1 heterocycles. The van der Waals surface area contributed by atoms with Crippen LogP contribution >= 0.6 is 0 Å². The van der Waals surface area contributed by atoms with E-state index in [0.29, 0.717) is 6.42 Å². The highest BCUT2D eigenvalue weighted by molar-refractivity contribution is 5.84. The summed E-state index contributed by atoms with van der Waals surface area (Å²) in [5.74, 6) is 0. The van der Waals surface area contributed by atoms with Crippen LogP contribution in [0.15, 0.2) is 60.9 Å². The number of hydrogen-bond donors (Lipinski definition) is 1. The van der Waals surface area contributed by atoms with E-state index in [9.17, 15) is 5.11 Å². The number of benzene rings is 2. The Bertz CT molecular complexity index is 746. The minimum absolute atomic E-state index is 0.482. The maximum atomic E-state index is 10.5. The second kappa shape index (κ2) is 6.06. The van der Waals surface area contributed by atoms with Crippen LogP contribution in [0.25, 0.3) is 10.8 Å². The van der Waals surface area contributed by atoms with E-state index in [2.05, 4.69) is 36.2 Å². The van der Waals surface area contributed by atoms with E-state index in [-0.39, 0.29) is 0 Å². The minimum atomic E-state index is -0.482. The van der Waals surface area contributed by atoms with Crippen LogP contribution in [0.3, 0.4) is 0 Å². The molecule has 3 rings (SSSR count). The Kier molecular flexibility index (Phi) is 3.98. The minimum Gasteiger partial charge on any atom is -0.388 e. The van der Waals surface area contributed by atoms with E-state index in [0.717, 1.165) is 22.8 Å². The first kappa shape index (κ1) is 13.8. The summed E-state index contributed by atoms with van der Waals surface area (Å²) in [5.41, 5.74) is 3.44. The lowest BCUT2D eigenvalue weighted by atomic mass is 9.98. The highest BCUT2D eigenvalue weighted by Gasteiger charge is 2.11. The summed E-state index contributed by atoms with van der Waals surface area (Å²) in [7, 11) is 0. The Morgan fingerprint density at radius 3 is 2.76 bits per heavy atom. The fourth-order valence-corrected chi connectivity index (χ4v) is 2.73. The lowest BCUT2D eigenvalue weighted by Gasteiger charge is -2.13. The van der Waals surface area contributed by atoms with Gasteiger partial charge in [-0.25, -0.2) is 0 Å². The first-order valence-corrected chi connectivity index (χ1v) is 7.30. The molecule has 0 saturated heterocycles. The zero-order valence-corrected chi connectivity index (χ0v) is 12.2. The molecule has 2 heteroatoms. The normalized spacial score (nSPS) is 12.5. The maximum Gasteiger partial charge on any atom is 0.0814 e. The zero-order chi connectivity index (χ0) is 14.7. The third-order valence-electron chi connectivity index (χ3n) is 3.85. The van der Waals surface area contributed by atoms with Gasteiger partial charge in [0, 0.05) is 23.3 Å². The van der Waals surface area contributed by atoms with E-state index in [1.165, 1.54) is 11.1 Å². The molecular weight excluding hydrogens is 258 g/mol. The molecule has 0 amide bonds. The van der Waals surface area contributed by atoms with Crippen molar-refractivity contribution in [3.8, 4) is 0 Å². The van der Waals surface area contributed by atoms with Crippen molar-refractivity contribution in [3.05, 3.63) is 77.6 Å². The van der Waals surface area contributed by atoms with Gasteiger partial charge in [0.15, 0.2) is 0 Å². The molecule has 106 valence electrons. The lowest BCUT2D eigenvalue weighted by Crippen LogP contribution is -2.01. The summed E-state index contributed by atoms with van der Waals surface area (Å²) in [6, 6.07) is 16.5. The average Bonchev–Trinajstić information content (AvgIpc) is 2.52. The summed E-state index contributed by atoms with van der Waals surface area (Å²) in [4.78, 5) is 4.24. The molecule has 1 N–H and O–H groups in total. The molecule has 0 fully saturated rings. The number of aryl methyl sites for hydroxylation is 2. The molecule has 0 spiro atoms. The Hall–Kier alpha value is -2.19. The van der Waals surface area contributed by atoms with E-state index >= 15 is 0 Å². The van der Waals surface area contributed by atoms with E-state index in [1.807, 2.05) is 30.5 Å². The SMILES string of the molecule is Cc1cccc(CCC(O)c2cncc3ccccc23)c1. The van der Waals surface area contributed by atoms with Crippen LogP contribution in [0.1, 0.15) is 29.2 Å². The molecule has 0 bridgehead atoms. The molecule has 0 aliphatic heterocycles. The molecule has 2 nitrogen and oxygen atoms in total. The van der Waals surface area contributed by atoms with Gasteiger partial charge < -0.3 is 5.11 Å². The van der Waals surface area contributed by atoms with Gasteiger partial charge in [-0.3, -0.25) is 4.98 Å². The Labute approximate surface area is 125 Å². The van der Waals surface area contributed by atoms with Gasteiger partial charge in [0.25, 0.3) is 0 Å². The summed E-state index contributed by atoms with van der Waals surface area (Å²) in [6.45, 7) is 2.09. The van der Waals surface area contributed by atoms with Crippen LogP contribution in [0.5, 0.6) is 0 Å². The van der Waals surface area contributed by atoms with Crippen molar-refractivity contribution in [2.45, 2.75) is 25.9 Å². The maximum absolute atomic E-state index is 10.5. The van der Waals surface area contributed by atoms with Crippen molar-refractivity contribution in [1.29, 1.82) is 0 Å². The number of nitrogens with zero attached hydrogens (tertiary/aromatic N) is 1. The van der Waals surface area contributed by atoms with Crippen LogP contribution in [0.2, 0.25) is 0 Å². The Morgan fingerprint density at radius 1 is 1.05 bits per heavy atom. The smallest absolute Gasteiger partial charge is 0.0814 e. The number of hydrogen-bond acceptors (Lipinski definition) is 2. The first-order valence-electron chi connectivity index (χ1n) is 7.30. The molecule has 3 aromatic rings. The molecule has 0 aliphatic rings. The first-order chi connectivity index (χ1) is 10.2. The summed E-state index contributed by atoms with van der Waals surface area (Å²) >= 11 is 0. The van der Waals surface area contributed by atoms with Crippen molar-refractivity contribution in [1.82, 2.24) is 4.98 Å². The summed E-state index contributed by atoms with van der Waals surface area (Å²) < 4.78 is 0. The largest absolute Gasteiger partial charge is 0.388 e. The van der Waals surface area contributed by atoms with Gasteiger partial charge >= 0.3 is 0 Å². The van der Waals surface area contributed by atoms with Gasteiger partial charge in [0.2, 0.25) is 0 Å². The van der Waals surface area contributed by atoms with Gasteiger partial charge in [0.05, 0.1) is 6.10 Å². The molecule has 0 radical (unpaired) electrons. The number of aliphatic hydroxyl groups excluding tert-OH is 1. The Morgan fingerprint density at radius 2 is 1.90 bits per heavy atom. The third kappa shape index (κ3) is 3.11. The van der Waals surface area contributed by atoms with E-state index in [1.54, 1.807) is 6.20 Å². The standard InChI is InChI=1S/C19H19NO/c1-14-5-4-6-15(11-14)9-10-19(21)18-13-20-12-16-7-2-3-8-17(16)18/h2-8,11-13,19,21H,9-10H2,1H3. The number of pyridine rings is 1. The van der Waals surface area contributed by atoms with E-state index < -0.39 is 6.10 Å². The molecule has 21 heavy (non-hydrogen) atoms. The second-order valence-electron chi connectivity index (χ2n) is 5.49. The third-order valence-corrected chi connectivity index (χ3v) is 3.85. The van der Waals surface area contributed by atoms with Crippen molar-refractivity contribution in [2.75, 3.05) is 0 Å². The molecular formula is C19H19NO. The highest BCUT2D eigenvalue weighted by Crippen LogP contribution is 2.26. The van der Waals surface area contributed by atoms with Crippen LogP contribution < -0.4 is 0 Å². The van der Waals surface area contributed by atoms with Crippen molar-refractivity contribution < 1.29 is 5.11 Å². The number of rotatable bonds is 4. The van der Waals surface area contributed by atoms with Crippen molar-refractivity contribution in [3.63, 3.8) is 0 Å². The molecule has 0 aliphatic carbocycles. The second-order valence-corrected chi connectivity index (χ2v) is 5.49. The fraction of sp³-hybridized carbons (Fsp3) is 0.211. The molecule has 0 saturated carbocycles. The average molecular weight is 277 g/mol. The van der Waals surface area contributed by atoms with Crippen molar-refractivity contribution >= 4 is 10.8 Å². The summed E-state index contributed by atoms with van der Waals surface area (Å²) in [6.07, 6.45) is 4.71. The van der Waals surface area contributed by atoms with Crippen molar-refractivity contribution in [2.24, 2.45) is 0 Å². The summed E-state index contributed by atoms with van der Waals surface area (Å²) in [5, 5.41) is 12.7. The van der Waals surface area contributed by atoms with Crippen LogP contribution in [0, 0.1) is 6.92 Å². The number of aliphatic hydroxyl groups is 1. The zero-order valence-electron chi connectivity index (χ0n) is 12.2. The topological polar surface area (TPSA) is 33.1 Å². The molecule has 1 unspecified atom stereocenters. The molecule has 1 atom stereocenters. The van der Waals surface area contributed by atoms with Crippen LogP contribution in [0.4, 0.5) is 0 Å². The van der Waals surface area contributed by atoms with Gasteiger partial charge in [-0.15, -0.1) is 0 Å². The number of fused-ring (bicyclic) bond motifs is 1. The predicted molar refractivity (Wildman–Crippen MR) is 86.2 cm³/mol. The van der Waals surface area contributed by atoms with Crippen LogP contribution in [-0.2, 0) is 6.42 Å². The molecule has 1 aromatic heterocycles. The van der Waals surface area contributed by atoms with Crippen LogP contribution in [-0.4, -0.2) is 10.1 Å². The van der Waals surface area contributed by atoms with Gasteiger partial charge in [0.1, 0.15) is 0 Å². The monoisotopic (exact) mass is 277 g/mol. The molecule has 2 aromatic carbocycles. The van der Waals surface area contributed by atoms with Gasteiger partial charge in [-0.1, -0.05) is 54.1 Å². The van der Waals surface area contributed by atoms with Gasteiger partial charge in [-0.05, 0) is 30.7 Å². The number of aromatic nitrogens is 1.